The molecule has 0 radical (unpaired) electrons. The fraction of sp³-hybridized carbons (Fsp3) is 0.955. The van der Waals surface area contributed by atoms with Crippen LogP contribution in [0, 0.1) is 17.8 Å². The number of likely N-dealkylation sites (tertiary alicyclic amines) is 1. The minimum absolute atomic E-state index is 0.0840. The molecule has 4 aliphatic heterocycles. The van der Waals surface area contributed by atoms with Gasteiger partial charge in [-0.1, -0.05) is 25.7 Å². The Morgan fingerprint density at radius 3 is 2.59 bits per heavy atom. The zero-order valence-corrected chi connectivity index (χ0v) is 16.7. The molecular formula is C22H36N2O3. The lowest BCUT2D eigenvalue weighted by molar-refractivity contribution is -0.125. The van der Waals surface area contributed by atoms with Crippen LogP contribution in [0.4, 0.5) is 0 Å². The predicted octanol–water partition coefficient (Wildman–Crippen LogP) is 2.73. The zero-order chi connectivity index (χ0) is 18.3. The second kappa shape index (κ2) is 7.64. The van der Waals surface area contributed by atoms with E-state index in [0.717, 1.165) is 58.5 Å². The molecule has 1 amide bonds. The molecule has 0 aromatic heterocycles. The van der Waals surface area contributed by atoms with Gasteiger partial charge in [0.25, 0.3) is 0 Å². The SMILES string of the molecule is O=C(NC[C@H]1[C@H]2CN(C3CCOCC3)C[C@]23CC[C@H]1O3)C1CCCCCC1. The molecule has 1 spiro atoms. The summed E-state index contributed by atoms with van der Waals surface area (Å²) in [5.74, 6) is 1.68. The van der Waals surface area contributed by atoms with Crippen molar-refractivity contribution in [1.82, 2.24) is 10.2 Å². The average Bonchev–Trinajstić information content (AvgIpc) is 3.28. The van der Waals surface area contributed by atoms with Gasteiger partial charge >= 0.3 is 0 Å². The van der Waals surface area contributed by atoms with Crippen molar-refractivity contribution in [3.8, 4) is 0 Å². The molecule has 152 valence electrons. The fourth-order valence-electron chi connectivity index (χ4n) is 6.73. The molecule has 0 aromatic carbocycles. The minimum atomic E-state index is 0.0840. The summed E-state index contributed by atoms with van der Waals surface area (Å²) in [5, 5.41) is 3.35. The van der Waals surface area contributed by atoms with Crippen LogP contribution >= 0.6 is 0 Å². The summed E-state index contributed by atoms with van der Waals surface area (Å²) in [7, 11) is 0. The van der Waals surface area contributed by atoms with Crippen molar-refractivity contribution in [3.05, 3.63) is 0 Å². The van der Waals surface area contributed by atoms with Crippen LogP contribution in [0.1, 0.15) is 64.2 Å². The van der Waals surface area contributed by atoms with E-state index in [1.807, 2.05) is 0 Å². The normalized spacial score (nSPS) is 40.8. The van der Waals surface area contributed by atoms with Crippen molar-refractivity contribution in [1.29, 1.82) is 0 Å². The molecule has 4 saturated heterocycles. The van der Waals surface area contributed by atoms with Gasteiger partial charge in [-0.05, 0) is 38.5 Å². The van der Waals surface area contributed by atoms with Crippen molar-refractivity contribution in [2.24, 2.45) is 17.8 Å². The van der Waals surface area contributed by atoms with Crippen molar-refractivity contribution >= 4 is 5.91 Å². The molecule has 1 N–H and O–H groups in total. The van der Waals surface area contributed by atoms with Gasteiger partial charge in [-0.25, -0.2) is 0 Å². The Bertz CT molecular complexity index is 542. The second-order valence-corrected chi connectivity index (χ2v) is 9.74. The number of ether oxygens (including phenoxy) is 2. The largest absolute Gasteiger partial charge is 0.381 e. The van der Waals surface area contributed by atoms with Gasteiger partial charge in [0.2, 0.25) is 5.91 Å². The van der Waals surface area contributed by atoms with E-state index in [9.17, 15) is 4.79 Å². The monoisotopic (exact) mass is 376 g/mol. The van der Waals surface area contributed by atoms with E-state index in [1.165, 1.54) is 38.5 Å². The molecule has 4 heterocycles. The third-order valence-electron chi connectivity index (χ3n) is 8.26. The van der Waals surface area contributed by atoms with Crippen LogP contribution in [0.3, 0.4) is 0 Å². The van der Waals surface area contributed by atoms with E-state index in [4.69, 9.17) is 9.47 Å². The van der Waals surface area contributed by atoms with Gasteiger partial charge in [0.15, 0.2) is 0 Å². The van der Waals surface area contributed by atoms with Crippen LogP contribution in [-0.4, -0.2) is 61.4 Å². The van der Waals surface area contributed by atoms with Gasteiger partial charge in [0.1, 0.15) is 0 Å². The van der Waals surface area contributed by atoms with Gasteiger partial charge < -0.3 is 14.8 Å². The first-order chi connectivity index (χ1) is 13.3. The average molecular weight is 377 g/mol. The summed E-state index contributed by atoms with van der Waals surface area (Å²) in [6.45, 7) is 4.90. The lowest BCUT2D eigenvalue weighted by Gasteiger charge is -2.32. The standard InChI is InChI=1S/C22H36N2O3/c25-21(16-5-3-1-2-4-6-16)23-13-18-19-14-24(17-8-11-26-12-9-17)15-22(19)10-7-20(18)27-22/h16-20H,1-15H2,(H,23,25)/t18-,19+,20+,22+/m0/s1. The highest BCUT2D eigenvalue weighted by Gasteiger charge is 2.63. The first kappa shape index (κ1) is 18.4. The number of hydrogen-bond donors (Lipinski definition) is 1. The topological polar surface area (TPSA) is 50.8 Å². The molecule has 0 unspecified atom stereocenters. The van der Waals surface area contributed by atoms with Crippen LogP contribution in [0.5, 0.6) is 0 Å². The third-order valence-corrected chi connectivity index (χ3v) is 8.26. The molecule has 1 aliphatic carbocycles. The first-order valence-corrected chi connectivity index (χ1v) is 11.5. The summed E-state index contributed by atoms with van der Waals surface area (Å²) < 4.78 is 12.2. The molecule has 27 heavy (non-hydrogen) atoms. The summed E-state index contributed by atoms with van der Waals surface area (Å²) >= 11 is 0. The molecule has 5 fully saturated rings. The van der Waals surface area contributed by atoms with Gasteiger partial charge in [-0.3, -0.25) is 9.69 Å². The maximum atomic E-state index is 12.7. The minimum Gasteiger partial charge on any atom is -0.381 e. The highest BCUT2D eigenvalue weighted by Crippen LogP contribution is 2.55. The first-order valence-electron chi connectivity index (χ1n) is 11.5. The Morgan fingerprint density at radius 2 is 1.81 bits per heavy atom. The number of carbonyl (C=O) groups excluding carboxylic acids is 1. The van der Waals surface area contributed by atoms with Gasteiger partial charge in [0, 0.05) is 56.6 Å². The van der Waals surface area contributed by atoms with E-state index < -0.39 is 0 Å². The van der Waals surface area contributed by atoms with Crippen LogP contribution in [0.15, 0.2) is 0 Å². The fourth-order valence-corrected chi connectivity index (χ4v) is 6.73. The highest BCUT2D eigenvalue weighted by atomic mass is 16.5. The molecule has 5 heteroatoms. The molecule has 2 bridgehead atoms. The van der Waals surface area contributed by atoms with E-state index in [0.29, 0.717) is 29.9 Å². The molecule has 0 aromatic rings. The second-order valence-electron chi connectivity index (χ2n) is 9.74. The van der Waals surface area contributed by atoms with Crippen LogP contribution in [-0.2, 0) is 14.3 Å². The number of nitrogens with one attached hydrogen (secondary N) is 1. The number of rotatable bonds is 4. The Labute approximate surface area is 163 Å². The number of fused-ring (bicyclic) bond motifs is 1. The number of hydrogen-bond acceptors (Lipinski definition) is 4. The maximum Gasteiger partial charge on any atom is 0.223 e. The van der Waals surface area contributed by atoms with E-state index >= 15 is 0 Å². The zero-order valence-electron chi connectivity index (χ0n) is 16.7. The van der Waals surface area contributed by atoms with Crippen molar-refractivity contribution in [2.45, 2.75) is 82.0 Å². The number of nitrogens with zero attached hydrogens (tertiary/aromatic N) is 1. The molecule has 4 atom stereocenters. The highest BCUT2D eigenvalue weighted by molar-refractivity contribution is 5.78. The van der Waals surface area contributed by atoms with E-state index in [1.54, 1.807) is 0 Å². The van der Waals surface area contributed by atoms with E-state index in [2.05, 4.69) is 10.2 Å². The van der Waals surface area contributed by atoms with Crippen molar-refractivity contribution in [2.75, 3.05) is 32.8 Å². The van der Waals surface area contributed by atoms with E-state index in [-0.39, 0.29) is 11.5 Å². The molecule has 5 rings (SSSR count). The molecule has 1 saturated carbocycles. The van der Waals surface area contributed by atoms with Gasteiger partial charge in [-0.2, -0.15) is 0 Å². The lowest BCUT2D eigenvalue weighted by atomic mass is 9.73. The number of amides is 1. The van der Waals surface area contributed by atoms with Crippen molar-refractivity contribution < 1.29 is 14.3 Å². The Balaban J connectivity index is 1.20. The van der Waals surface area contributed by atoms with Crippen LogP contribution in [0.2, 0.25) is 0 Å². The Morgan fingerprint density at radius 1 is 1.04 bits per heavy atom. The molecule has 5 nitrogen and oxygen atoms in total. The summed E-state index contributed by atoms with van der Waals surface area (Å²) in [6, 6.07) is 0.669. The van der Waals surface area contributed by atoms with Gasteiger partial charge in [-0.15, -0.1) is 0 Å². The van der Waals surface area contributed by atoms with Crippen molar-refractivity contribution in [3.63, 3.8) is 0 Å². The third kappa shape index (κ3) is 3.44. The summed E-state index contributed by atoms with van der Waals surface area (Å²) in [5.41, 5.74) is 0.0840. The lowest BCUT2D eigenvalue weighted by Crippen LogP contribution is -2.43. The Kier molecular flexibility index (Phi) is 5.20. The maximum absolute atomic E-state index is 12.7. The number of carbonyl (C=O) groups is 1. The Hall–Kier alpha value is -0.650. The molecule has 5 aliphatic rings. The smallest absolute Gasteiger partial charge is 0.223 e. The van der Waals surface area contributed by atoms with Gasteiger partial charge in [0.05, 0.1) is 11.7 Å². The summed E-state index contributed by atoms with van der Waals surface area (Å²) in [4.78, 5) is 15.4. The summed E-state index contributed by atoms with van der Waals surface area (Å²) in [6.07, 6.45) is 12.3. The molecular weight excluding hydrogens is 340 g/mol. The quantitative estimate of drug-likeness (QED) is 0.767. The van der Waals surface area contributed by atoms with Crippen LogP contribution < -0.4 is 5.32 Å². The predicted molar refractivity (Wildman–Crippen MR) is 103 cm³/mol. The van der Waals surface area contributed by atoms with Crippen LogP contribution in [0.25, 0.3) is 0 Å².